The van der Waals surface area contributed by atoms with Gasteiger partial charge in [-0.3, -0.25) is 4.79 Å². The molecule has 3 heteroatoms. The summed E-state index contributed by atoms with van der Waals surface area (Å²) >= 11 is 0. The predicted molar refractivity (Wildman–Crippen MR) is 74.5 cm³/mol. The molecule has 1 heterocycles. The van der Waals surface area contributed by atoms with E-state index in [1.165, 1.54) is 38.5 Å². The van der Waals surface area contributed by atoms with Crippen molar-refractivity contribution in [3.63, 3.8) is 0 Å². The zero-order valence-electron chi connectivity index (χ0n) is 11.8. The van der Waals surface area contributed by atoms with Crippen LogP contribution in [0.2, 0.25) is 0 Å². The molecule has 0 bridgehead atoms. The van der Waals surface area contributed by atoms with Gasteiger partial charge in [-0.05, 0) is 32.2 Å². The molecule has 2 aliphatic rings. The normalized spacial score (nSPS) is 30.1. The Hall–Kier alpha value is -0.570. The topological polar surface area (TPSA) is 41.1 Å². The number of rotatable bonds is 4. The third kappa shape index (κ3) is 3.25. The van der Waals surface area contributed by atoms with E-state index in [9.17, 15) is 4.79 Å². The van der Waals surface area contributed by atoms with Crippen LogP contribution in [0.4, 0.5) is 0 Å². The summed E-state index contributed by atoms with van der Waals surface area (Å²) in [6, 6.07) is 0.439. The van der Waals surface area contributed by atoms with Gasteiger partial charge < -0.3 is 10.6 Å². The lowest BCUT2D eigenvalue weighted by Crippen LogP contribution is -2.46. The van der Waals surface area contributed by atoms with E-state index in [-0.39, 0.29) is 5.41 Å². The van der Waals surface area contributed by atoms with Gasteiger partial charge in [0.05, 0.1) is 5.41 Å². The van der Waals surface area contributed by atoms with Gasteiger partial charge >= 0.3 is 0 Å². The van der Waals surface area contributed by atoms with Crippen molar-refractivity contribution in [1.29, 1.82) is 0 Å². The first kappa shape index (κ1) is 13.9. The van der Waals surface area contributed by atoms with Crippen molar-refractivity contribution in [2.45, 2.75) is 70.8 Å². The minimum atomic E-state index is -0.110. The summed E-state index contributed by atoms with van der Waals surface area (Å²) in [6.07, 6.45) is 10.7. The second-order valence-corrected chi connectivity index (χ2v) is 6.12. The maximum Gasteiger partial charge on any atom is 0.227 e. The molecule has 0 aromatic heterocycles. The molecule has 104 valence electrons. The third-order valence-corrected chi connectivity index (χ3v) is 4.64. The van der Waals surface area contributed by atoms with Crippen LogP contribution in [0.5, 0.6) is 0 Å². The monoisotopic (exact) mass is 252 g/mol. The summed E-state index contributed by atoms with van der Waals surface area (Å²) in [7, 11) is 0. The number of carbonyl (C=O) groups is 1. The second kappa shape index (κ2) is 6.55. The van der Waals surface area contributed by atoms with Gasteiger partial charge in [-0.15, -0.1) is 0 Å². The lowest BCUT2D eigenvalue weighted by atomic mass is 9.81. The maximum absolute atomic E-state index is 12.6. The Balaban J connectivity index is 1.91. The van der Waals surface area contributed by atoms with Crippen molar-refractivity contribution in [1.82, 2.24) is 10.6 Å². The molecule has 1 aliphatic carbocycles. The fraction of sp³-hybridized carbons (Fsp3) is 0.933. The van der Waals surface area contributed by atoms with Crippen LogP contribution in [0, 0.1) is 5.41 Å². The Morgan fingerprint density at radius 2 is 2.00 bits per heavy atom. The van der Waals surface area contributed by atoms with Gasteiger partial charge in [-0.2, -0.15) is 0 Å². The van der Waals surface area contributed by atoms with Crippen molar-refractivity contribution >= 4 is 5.91 Å². The molecular formula is C15H28N2O. The molecule has 18 heavy (non-hydrogen) atoms. The average molecular weight is 252 g/mol. The zero-order valence-corrected chi connectivity index (χ0v) is 11.8. The van der Waals surface area contributed by atoms with E-state index in [0.29, 0.717) is 11.9 Å². The molecular weight excluding hydrogens is 224 g/mol. The first-order chi connectivity index (χ1) is 8.77. The van der Waals surface area contributed by atoms with Crippen LogP contribution in [-0.4, -0.2) is 25.0 Å². The highest BCUT2D eigenvalue weighted by Gasteiger charge is 2.40. The molecule has 0 aromatic rings. The van der Waals surface area contributed by atoms with E-state index in [0.717, 1.165) is 32.4 Å². The van der Waals surface area contributed by atoms with Crippen molar-refractivity contribution in [2.24, 2.45) is 5.41 Å². The second-order valence-electron chi connectivity index (χ2n) is 6.12. The summed E-state index contributed by atoms with van der Waals surface area (Å²) in [4.78, 5) is 12.6. The SMILES string of the molecule is CCCC1(C(=O)NC2CCCCCC2)CCNC1. The molecule has 1 amide bonds. The van der Waals surface area contributed by atoms with E-state index in [1.54, 1.807) is 0 Å². The maximum atomic E-state index is 12.6. The largest absolute Gasteiger partial charge is 0.353 e. The van der Waals surface area contributed by atoms with E-state index in [1.807, 2.05) is 0 Å². The van der Waals surface area contributed by atoms with Crippen LogP contribution in [0.1, 0.15) is 64.7 Å². The Morgan fingerprint density at radius 3 is 2.56 bits per heavy atom. The van der Waals surface area contributed by atoms with Crippen LogP contribution in [0.15, 0.2) is 0 Å². The first-order valence-electron chi connectivity index (χ1n) is 7.78. The number of hydrogen-bond acceptors (Lipinski definition) is 2. The first-order valence-corrected chi connectivity index (χ1v) is 7.78. The van der Waals surface area contributed by atoms with E-state index < -0.39 is 0 Å². The molecule has 2 fully saturated rings. The van der Waals surface area contributed by atoms with E-state index in [2.05, 4.69) is 17.6 Å². The summed E-state index contributed by atoms with van der Waals surface area (Å²) in [5.41, 5.74) is -0.110. The molecule has 2 N–H and O–H groups in total. The van der Waals surface area contributed by atoms with Gasteiger partial charge in [0.1, 0.15) is 0 Å². The van der Waals surface area contributed by atoms with Crippen molar-refractivity contribution in [3.05, 3.63) is 0 Å². The van der Waals surface area contributed by atoms with Crippen LogP contribution in [-0.2, 0) is 4.79 Å². The molecule has 0 spiro atoms. The molecule has 1 atom stereocenters. The zero-order chi connectivity index (χ0) is 12.8. The van der Waals surface area contributed by atoms with Crippen LogP contribution < -0.4 is 10.6 Å². The highest BCUT2D eigenvalue weighted by Crippen LogP contribution is 2.32. The van der Waals surface area contributed by atoms with E-state index in [4.69, 9.17) is 0 Å². The molecule has 3 nitrogen and oxygen atoms in total. The Morgan fingerprint density at radius 1 is 1.28 bits per heavy atom. The molecule has 1 saturated heterocycles. The van der Waals surface area contributed by atoms with Gasteiger partial charge in [-0.1, -0.05) is 39.0 Å². The molecule has 0 radical (unpaired) electrons. The number of carbonyl (C=O) groups excluding carboxylic acids is 1. The predicted octanol–water partition coefficient (Wildman–Crippen LogP) is 2.61. The lowest BCUT2D eigenvalue weighted by Gasteiger charge is -2.29. The van der Waals surface area contributed by atoms with Gasteiger partial charge in [0.15, 0.2) is 0 Å². The number of amides is 1. The van der Waals surface area contributed by atoms with Crippen LogP contribution >= 0.6 is 0 Å². The van der Waals surface area contributed by atoms with Crippen molar-refractivity contribution in [2.75, 3.05) is 13.1 Å². The lowest BCUT2D eigenvalue weighted by molar-refractivity contribution is -0.131. The average Bonchev–Trinajstić information content (AvgIpc) is 2.69. The highest BCUT2D eigenvalue weighted by molar-refractivity contribution is 5.83. The Labute approximate surface area is 111 Å². The van der Waals surface area contributed by atoms with Gasteiger partial charge in [-0.25, -0.2) is 0 Å². The van der Waals surface area contributed by atoms with Crippen molar-refractivity contribution < 1.29 is 4.79 Å². The molecule has 0 aromatic carbocycles. The molecule has 1 unspecified atom stereocenters. The fourth-order valence-electron chi connectivity index (χ4n) is 3.51. The fourth-order valence-corrected chi connectivity index (χ4v) is 3.51. The summed E-state index contributed by atoms with van der Waals surface area (Å²) in [5.74, 6) is 0.321. The molecule has 1 saturated carbocycles. The number of hydrogen-bond donors (Lipinski definition) is 2. The van der Waals surface area contributed by atoms with Gasteiger partial charge in [0.25, 0.3) is 0 Å². The molecule has 2 rings (SSSR count). The summed E-state index contributed by atoms with van der Waals surface area (Å²) in [5, 5.41) is 6.72. The minimum absolute atomic E-state index is 0.110. The van der Waals surface area contributed by atoms with Crippen molar-refractivity contribution in [3.8, 4) is 0 Å². The smallest absolute Gasteiger partial charge is 0.227 e. The van der Waals surface area contributed by atoms with Gasteiger partial charge in [0, 0.05) is 12.6 Å². The van der Waals surface area contributed by atoms with E-state index >= 15 is 0 Å². The Kier molecular flexibility index (Phi) is 5.04. The summed E-state index contributed by atoms with van der Waals surface area (Å²) < 4.78 is 0. The Bertz CT molecular complexity index is 264. The highest BCUT2D eigenvalue weighted by atomic mass is 16.2. The number of nitrogens with one attached hydrogen (secondary N) is 2. The quantitative estimate of drug-likeness (QED) is 0.755. The van der Waals surface area contributed by atoms with Crippen LogP contribution in [0.25, 0.3) is 0 Å². The minimum Gasteiger partial charge on any atom is -0.353 e. The van der Waals surface area contributed by atoms with Crippen LogP contribution in [0.3, 0.4) is 0 Å². The van der Waals surface area contributed by atoms with Gasteiger partial charge in [0.2, 0.25) is 5.91 Å². The third-order valence-electron chi connectivity index (χ3n) is 4.64. The molecule has 1 aliphatic heterocycles. The summed E-state index contributed by atoms with van der Waals surface area (Å²) in [6.45, 7) is 4.05. The standard InChI is InChI=1S/C15H28N2O/c1-2-9-15(10-11-16-12-15)14(18)17-13-7-5-3-4-6-8-13/h13,16H,2-12H2,1H3,(H,17,18).